The fraction of sp³-hybridized carbons (Fsp3) is 0.250. The summed E-state index contributed by atoms with van der Waals surface area (Å²) in [5, 5.41) is 0. The first-order valence-corrected chi connectivity index (χ1v) is 6.37. The predicted molar refractivity (Wildman–Crippen MR) is 68.3 cm³/mol. The second-order valence-electron chi connectivity index (χ2n) is 3.60. The van der Waals surface area contributed by atoms with E-state index >= 15 is 0 Å². The van der Waals surface area contributed by atoms with Crippen molar-refractivity contribution in [2.75, 3.05) is 5.73 Å². The molecule has 2 N–H and O–H groups in total. The molecule has 90 valence electrons. The standard InChI is InChI=1S/C12H14FN3S/c1-2-16-6-5-15-12(16)8-17-11-4-3-9(13)7-10(11)14/h3-7H,2,8,14H2,1H3. The van der Waals surface area contributed by atoms with E-state index in [4.69, 9.17) is 5.73 Å². The van der Waals surface area contributed by atoms with Crippen molar-refractivity contribution < 1.29 is 4.39 Å². The fourth-order valence-electron chi connectivity index (χ4n) is 1.56. The number of halogens is 1. The van der Waals surface area contributed by atoms with Crippen molar-refractivity contribution in [2.24, 2.45) is 0 Å². The van der Waals surface area contributed by atoms with E-state index in [2.05, 4.69) is 16.5 Å². The van der Waals surface area contributed by atoms with Crippen LogP contribution in [0, 0.1) is 5.82 Å². The summed E-state index contributed by atoms with van der Waals surface area (Å²) in [6.45, 7) is 2.97. The topological polar surface area (TPSA) is 43.8 Å². The molecule has 1 heterocycles. The fourth-order valence-corrected chi connectivity index (χ4v) is 2.48. The molecule has 0 aliphatic heterocycles. The summed E-state index contributed by atoms with van der Waals surface area (Å²) in [6, 6.07) is 4.47. The molecule has 0 aliphatic carbocycles. The van der Waals surface area contributed by atoms with Crippen LogP contribution in [0.3, 0.4) is 0 Å². The summed E-state index contributed by atoms with van der Waals surface area (Å²) in [6.07, 6.45) is 3.73. The van der Waals surface area contributed by atoms with Gasteiger partial charge in [0, 0.05) is 29.5 Å². The van der Waals surface area contributed by atoms with Gasteiger partial charge in [-0.3, -0.25) is 0 Å². The summed E-state index contributed by atoms with van der Waals surface area (Å²) in [4.78, 5) is 5.16. The van der Waals surface area contributed by atoms with Crippen LogP contribution in [0.2, 0.25) is 0 Å². The molecule has 0 bridgehead atoms. The van der Waals surface area contributed by atoms with Crippen LogP contribution in [-0.4, -0.2) is 9.55 Å². The molecule has 3 nitrogen and oxygen atoms in total. The minimum absolute atomic E-state index is 0.304. The first-order chi connectivity index (χ1) is 8.20. The maximum atomic E-state index is 12.9. The van der Waals surface area contributed by atoms with Gasteiger partial charge < -0.3 is 10.3 Å². The third-order valence-corrected chi connectivity index (χ3v) is 3.56. The van der Waals surface area contributed by atoms with E-state index in [1.54, 1.807) is 24.0 Å². The average Bonchev–Trinajstić information content (AvgIpc) is 2.75. The first-order valence-electron chi connectivity index (χ1n) is 5.38. The number of aromatic nitrogens is 2. The lowest BCUT2D eigenvalue weighted by Gasteiger charge is -2.06. The zero-order chi connectivity index (χ0) is 12.3. The van der Waals surface area contributed by atoms with E-state index in [0.717, 1.165) is 23.0 Å². The Morgan fingerprint density at radius 2 is 2.29 bits per heavy atom. The minimum Gasteiger partial charge on any atom is -0.398 e. The van der Waals surface area contributed by atoms with E-state index in [1.807, 2.05) is 6.20 Å². The van der Waals surface area contributed by atoms with Crippen molar-refractivity contribution in [3.05, 3.63) is 42.2 Å². The number of anilines is 1. The second-order valence-corrected chi connectivity index (χ2v) is 4.62. The molecule has 0 atom stereocenters. The Labute approximate surface area is 104 Å². The number of benzene rings is 1. The van der Waals surface area contributed by atoms with Gasteiger partial charge in [0.15, 0.2) is 0 Å². The molecule has 5 heteroatoms. The molecule has 0 spiro atoms. The molecule has 0 saturated carbocycles. The molecule has 1 aromatic heterocycles. The van der Waals surface area contributed by atoms with Crippen molar-refractivity contribution in [3.63, 3.8) is 0 Å². The van der Waals surface area contributed by atoms with Crippen LogP contribution in [0.5, 0.6) is 0 Å². The molecular formula is C12H14FN3S. The maximum Gasteiger partial charge on any atom is 0.125 e. The Balaban J connectivity index is 2.07. The largest absolute Gasteiger partial charge is 0.398 e. The quantitative estimate of drug-likeness (QED) is 0.671. The van der Waals surface area contributed by atoms with Gasteiger partial charge in [0.1, 0.15) is 11.6 Å². The maximum absolute atomic E-state index is 12.9. The number of nitrogens with zero attached hydrogens (tertiary/aromatic N) is 2. The van der Waals surface area contributed by atoms with Gasteiger partial charge in [0.05, 0.1) is 5.75 Å². The zero-order valence-corrected chi connectivity index (χ0v) is 10.4. The number of imidazole rings is 1. The third-order valence-electron chi connectivity index (χ3n) is 2.47. The van der Waals surface area contributed by atoms with E-state index in [9.17, 15) is 4.39 Å². The van der Waals surface area contributed by atoms with Gasteiger partial charge in [-0.05, 0) is 25.1 Å². The van der Waals surface area contributed by atoms with E-state index < -0.39 is 0 Å². The van der Waals surface area contributed by atoms with Crippen LogP contribution in [0.1, 0.15) is 12.7 Å². The van der Waals surface area contributed by atoms with Crippen LogP contribution in [0.25, 0.3) is 0 Å². The monoisotopic (exact) mass is 251 g/mol. The zero-order valence-electron chi connectivity index (χ0n) is 9.56. The SMILES string of the molecule is CCn1ccnc1CSc1ccc(F)cc1N. The minimum atomic E-state index is -0.304. The van der Waals surface area contributed by atoms with Crippen LogP contribution in [-0.2, 0) is 12.3 Å². The van der Waals surface area contributed by atoms with Crippen LogP contribution in [0.15, 0.2) is 35.5 Å². The van der Waals surface area contributed by atoms with E-state index in [-0.39, 0.29) is 5.82 Å². The van der Waals surface area contributed by atoms with Gasteiger partial charge in [-0.25, -0.2) is 9.37 Å². The predicted octanol–water partition coefficient (Wildman–Crippen LogP) is 2.92. The Bertz CT molecular complexity index is 510. The number of nitrogen functional groups attached to an aromatic ring is 1. The van der Waals surface area contributed by atoms with Crippen molar-refractivity contribution >= 4 is 17.4 Å². The Morgan fingerprint density at radius 1 is 1.47 bits per heavy atom. The van der Waals surface area contributed by atoms with Crippen LogP contribution >= 0.6 is 11.8 Å². The van der Waals surface area contributed by atoms with Crippen molar-refractivity contribution in [1.29, 1.82) is 0 Å². The normalized spacial score (nSPS) is 10.7. The Kier molecular flexibility index (Phi) is 3.68. The molecule has 0 radical (unpaired) electrons. The molecular weight excluding hydrogens is 237 g/mol. The summed E-state index contributed by atoms with van der Waals surface area (Å²) < 4.78 is 15.0. The summed E-state index contributed by atoms with van der Waals surface area (Å²) in [5.41, 5.74) is 6.22. The molecule has 0 amide bonds. The van der Waals surface area contributed by atoms with Crippen molar-refractivity contribution in [1.82, 2.24) is 9.55 Å². The molecule has 0 aliphatic rings. The summed E-state index contributed by atoms with van der Waals surface area (Å²) in [7, 11) is 0. The van der Waals surface area contributed by atoms with Crippen molar-refractivity contribution in [3.8, 4) is 0 Å². The van der Waals surface area contributed by atoms with Gasteiger partial charge in [-0.2, -0.15) is 0 Å². The average molecular weight is 251 g/mol. The molecule has 0 unspecified atom stereocenters. The highest BCUT2D eigenvalue weighted by atomic mass is 32.2. The van der Waals surface area contributed by atoms with Crippen molar-refractivity contribution in [2.45, 2.75) is 24.1 Å². The number of hydrogen-bond donors (Lipinski definition) is 1. The van der Waals surface area contributed by atoms with Gasteiger partial charge in [-0.15, -0.1) is 11.8 Å². The second kappa shape index (κ2) is 5.23. The van der Waals surface area contributed by atoms with Crippen LogP contribution < -0.4 is 5.73 Å². The van der Waals surface area contributed by atoms with Gasteiger partial charge in [0.2, 0.25) is 0 Å². The Morgan fingerprint density at radius 3 is 3.00 bits per heavy atom. The lowest BCUT2D eigenvalue weighted by molar-refractivity contribution is 0.627. The number of hydrogen-bond acceptors (Lipinski definition) is 3. The highest BCUT2D eigenvalue weighted by molar-refractivity contribution is 7.98. The third kappa shape index (κ3) is 2.79. The van der Waals surface area contributed by atoms with Gasteiger partial charge >= 0.3 is 0 Å². The smallest absolute Gasteiger partial charge is 0.125 e. The summed E-state index contributed by atoms with van der Waals surface area (Å²) >= 11 is 1.57. The number of nitrogens with two attached hydrogens (primary N) is 1. The molecule has 2 rings (SSSR count). The number of rotatable bonds is 4. The first kappa shape index (κ1) is 12.0. The molecule has 2 aromatic rings. The van der Waals surface area contributed by atoms with Gasteiger partial charge in [-0.1, -0.05) is 0 Å². The highest BCUT2D eigenvalue weighted by Gasteiger charge is 2.05. The lowest BCUT2D eigenvalue weighted by atomic mass is 10.3. The van der Waals surface area contributed by atoms with E-state index in [1.165, 1.54) is 12.1 Å². The molecule has 17 heavy (non-hydrogen) atoms. The number of thioether (sulfide) groups is 1. The van der Waals surface area contributed by atoms with E-state index in [0.29, 0.717) is 5.69 Å². The van der Waals surface area contributed by atoms with Crippen LogP contribution in [0.4, 0.5) is 10.1 Å². The van der Waals surface area contributed by atoms with Gasteiger partial charge in [0.25, 0.3) is 0 Å². The molecule has 0 saturated heterocycles. The lowest BCUT2D eigenvalue weighted by Crippen LogP contribution is -1.99. The molecule has 0 fully saturated rings. The Hall–Kier alpha value is -1.49. The number of aryl methyl sites for hydroxylation is 1. The summed E-state index contributed by atoms with van der Waals surface area (Å²) in [5.74, 6) is 1.43. The highest BCUT2D eigenvalue weighted by Crippen LogP contribution is 2.28. The molecule has 1 aromatic carbocycles.